The largest absolute Gasteiger partial charge is 0.481 e. The van der Waals surface area contributed by atoms with Crippen molar-refractivity contribution in [1.29, 1.82) is 0 Å². The molecule has 4 rings (SSSR count). The summed E-state index contributed by atoms with van der Waals surface area (Å²) in [4.78, 5) is 31.3. The van der Waals surface area contributed by atoms with Crippen LogP contribution in [0, 0.1) is 5.82 Å². The van der Waals surface area contributed by atoms with Gasteiger partial charge in [-0.15, -0.1) is 0 Å². The number of carbonyl (C=O) groups excluding carboxylic acids is 1. The molecule has 1 aliphatic rings. The number of amides is 1. The van der Waals surface area contributed by atoms with Crippen LogP contribution in [-0.2, 0) is 35.8 Å². The van der Waals surface area contributed by atoms with Crippen molar-refractivity contribution < 1.29 is 18.7 Å². The average molecular weight is 498 g/mol. The van der Waals surface area contributed by atoms with Gasteiger partial charge in [0.05, 0.1) is 13.2 Å². The summed E-state index contributed by atoms with van der Waals surface area (Å²) < 4.78 is 26.9. The van der Waals surface area contributed by atoms with Gasteiger partial charge in [0.25, 0.3) is 11.5 Å². The molecule has 3 aromatic rings. The van der Waals surface area contributed by atoms with E-state index in [1.165, 1.54) is 16.7 Å². The number of aromatic nitrogens is 2. The maximum absolute atomic E-state index is 13.7. The molecule has 184 valence electrons. The lowest BCUT2D eigenvalue weighted by Gasteiger charge is -2.32. The van der Waals surface area contributed by atoms with Gasteiger partial charge in [0.1, 0.15) is 23.8 Å². The van der Waals surface area contributed by atoms with Crippen LogP contribution in [0.5, 0.6) is 5.75 Å². The van der Waals surface area contributed by atoms with Crippen LogP contribution in [0.4, 0.5) is 4.39 Å². The number of halogens is 1. The highest BCUT2D eigenvalue weighted by molar-refractivity contribution is 7.97. The minimum absolute atomic E-state index is 0.0933. The molecule has 0 atom stereocenters. The van der Waals surface area contributed by atoms with Crippen LogP contribution in [0.15, 0.2) is 53.3 Å². The molecular weight excluding hydrogens is 469 g/mol. The van der Waals surface area contributed by atoms with Gasteiger partial charge in [0.2, 0.25) is 5.75 Å². The summed E-state index contributed by atoms with van der Waals surface area (Å²) in [6.45, 7) is 4.57. The SMILES string of the molecule is CSCc1cc(F)ccc1CNC(=O)c1nc2n(c(=O)c1OCc1ccccc1)CCOC2(C)C. The first-order valence-corrected chi connectivity index (χ1v) is 12.7. The van der Waals surface area contributed by atoms with Gasteiger partial charge in [-0.05, 0) is 48.9 Å². The van der Waals surface area contributed by atoms with Crippen molar-refractivity contribution in [2.24, 2.45) is 0 Å². The second-order valence-corrected chi connectivity index (χ2v) is 9.60. The second kappa shape index (κ2) is 10.6. The quantitative estimate of drug-likeness (QED) is 0.506. The number of ether oxygens (including phenoxy) is 2. The molecule has 1 amide bonds. The number of nitrogens with one attached hydrogen (secondary N) is 1. The summed E-state index contributed by atoms with van der Waals surface area (Å²) in [5.74, 6) is 0.00649. The second-order valence-electron chi connectivity index (χ2n) is 8.73. The number of thioether (sulfide) groups is 1. The van der Waals surface area contributed by atoms with Crippen LogP contribution in [0.1, 0.15) is 46.9 Å². The molecule has 2 aromatic carbocycles. The Morgan fingerprint density at radius 1 is 1.23 bits per heavy atom. The molecule has 1 aliphatic heterocycles. The smallest absolute Gasteiger partial charge is 0.296 e. The zero-order valence-electron chi connectivity index (χ0n) is 20.0. The summed E-state index contributed by atoms with van der Waals surface area (Å²) in [5.41, 5.74) is 1.09. The van der Waals surface area contributed by atoms with Crippen LogP contribution >= 0.6 is 11.8 Å². The van der Waals surface area contributed by atoms with Crippen molar-refractivity contribution in [2.45, 2.75) is 44.9 Å². The van der Waals surface area contributed by atoms with Gasteiger partial charge >= 0.3 is 0 Å². The zero-order valence-corrected chi connectivity index (χ0v) is 20.8. The first-order chi connectivity index (χ1) is 16.8. The van der Waals surface area contributed by atoms with Crippen molar-refractivity contribution in [3.05, 3.63) is 92.9 Å². The molecule has 0 fully saturated rings. The topological polar surface area (TPSA) is 82.5 Å². The monoisotopic (exact) mass is 497 g/mol. The molecule has 0 saturated heterocycles. The van der Waals surface area contributed by atoms with Crippen LogP contribution in [0.3, 0.4) is 0 Å². The number of hydrogen-bond donors (Lipinski definition) is 1. The normalized spacial score (nSPS) is 14.3. The van der Waals surface area contributed by atoms with Gasteiger partial charge in [-0.25, -0.2) is 9.37 Å². The third-order valence-corrected chi connectivity index (χ3v) is 6.39. The molecule has 35 heavy (non-hydrogen) atoms. The summed E-state index contributed by atoms with van der Waals surface area (Å²) in [7, 11) is 0. The molecule has 1 N–H and O–H groups in total. The molecular formula is C26H28FN3O4S. The maximum Gasteiger partial charge on any atom is 0.296 e. The van der Waals surface area contributed by atoms with Crippen LogP contribution in [-0.4, -0.2) is 28.3 Å². The zero-order chi connectivity index (χ0) is 25.0. The molecule has 0 aliphatic carbocycles. The van der Waals surface area contributed by atoms with Crippen molar-refractivity contribution in [1.82, 2.24) is 14.9 Å². The summed E-state index contributed by atoms with van der Waals surface area (Å²) >= 11 is 1.56. The van der Waals surface area contributed by atoms with E-state index in [2.05, 4.69) is 10.3 Å². The molecule has 2 heterocycles. The van der Waals surface area contributed by atoms with Crippen molar-refractivity contribution in [2.75, 3.05) is 12.9 Å². The maximum atomic E-state index is 13.7. The Morgan fingerprint density at radius 2 is 2.00 bits per heavy atom. The van der Waals surface area contributed by atoms with Gasteiger partial charge in [0, 0.05) is 12.3 Å². The molecule has 0 saturated carbocycles. The molecule has 7 nitrogen and oxygen atoms in total. The number of benzene rings is 2. The molecule has 1 aromatic heterocycles. The Hall–Kier alpha value is -3.17. The minimum Gasteiger partial charge on any atom is -0.481 e. The molecule has 9 heteroatoms. The third kappa shape index (κ3) is 5.57. The number of nitrogens with zero attached hydrogens (tertiary/aromatic N) is 2. The van der Waals surface area contributed by atoms with E-state index in [9.17, 15) is 14.0 Å². The van der Waals surface area contributed by atoms with E-state index in [-0.39, 0.29) is 30.4 Å². The fraction of sp³-hybridized carbons (Fsp3) is 0.346. The first kappa shape index (κ1) is 24.9. The number of rotatable bonds is 8. The third-order valence-electron chi connectivity index (χ3n) is 5.79. The molecule has 0 spiro atoms. The predicted molar refractivity (Wildman–Crippen MR) is 133 cm³/mol. The van der Waals surface area contributed by atoms with E-state index in [0.717, 1.165) is 16.7 Å². The lowest BCUT2D eigenvalue weighted by molar-refractivity contribution is -0.0567. The van der Waals surface area contributed by atoms with Gasteiger partial charge in [-0.1, -0.05) is 36.4 Å². The van der Waals surface area contributed by atoms with Crippen LogP contribution in [0.25, 0.3) is 0 Å². The van der Waals surface area contributed by atoms with Gasteiger partial charge in [-0.2, -0.15) is 11.8 Å². The van der Waals surface area contributed by atoms with E-state index < -0.39 is 17.1 Å². The summed E-state index contributed by atoms with van der Waals surface area (Å²) in [5, 5.41) is 2.83. The molecule has 0 bridgehead atoms. The van der Waals surface area contributed by atoms with Gasteiger partial charge in [-0.3, -0.25) is 14.2 Å². The van der Waals surface area contributed by atoms with Crippen molar-refractivity contribution in [3.63, 3.8) is 0 Å². The highest BCUT2D eigenvalue weighted by Gasteiger charge is 2.35. The Bertz CT molecular complexity index is 1280. The van der Waals surface area contributed by atoms with E-state index in [1.54, 1.807) is 17.8 Å². The minimum atomic E-state index is -0.840. The molecule has 0 radical (unpaired) electrons. The Kier molecular flexibility index (Phi) is 7.57. The summed E-state index contributed by atoms with van der Waals surface area (Å²) in [6.07, 6.45) is 1.93. The molecule has 0 unspecified atom stereocenters. The Balaban J connectivity index is 1.67. The Morgan fingerprint density at radius 3 is 2.74 bits per heavy atom. The highest BCUT2D eigenvalue weighted by atomic mass is 32.2. The van der Waals surface area contributed by atoms with E-state index in [0.29, 0.717) is 24.7 Å². The van der Waals surface area contributed by atoms with Crippen molar-refractivity contribution >= 4 is 17.7 Å². The lowest BCUT2D eigenvalue weighted by atomic mass is 10.1. The van der Waals surface area contributed by atoms with E-state index in [4.69, 9.17) is 9.47 Å². The fourth-order valence-corrected chi connectivity index (χ4v) is 4.57. The predicted octanol–water partition coefficient (Wildman–Crippen LogP) is 4.02. The number of carbonyl (C=O) groups is 1. The first-order valence-electron chi connectivity index (χ1n) is 11.3. The standard InChI is InChI=1S/C26H28FN3O4S/c1-26(2)25-29-21(23(31)28-14-18-9-10-20(27)13-19(18)16-35-3)22(24(32)30(25)11-12-34-26)33-15-17-7-5-4-6-8-17/h4-10,13H,11-12,14-16H2,1-3H3,(H,28,31). The van der Waals surface area contributed by atoms with E-state index in [1.807, 2.05) is 50.4 Å². The van der Waals surface area contributed by atoms with Gasteiger partial charge < -0.3 is 14.8 Å². The van der Waals surface area contributed by atoms with Crippen molar-refractivity contribution in [3.8, 4) is 5.75 Å². The number of fused-ring (bicyclic) bond motifs is 1. The van der Waals surface area contributed by atoms with E-state index >= 15 is 0 Å². The van der Waals surface area contributed by atoms with Gasteiger partial charge in [0.15, 0.2) is 5.69 Å². The van der Waals surface area contributed by atoms with Crippen LogP contribution < -0.4 is 15.6 Å². The summed E-state index contributed by atoms with van der Waals surface area (Å²) in [6, 6.07) is 13.9. The Labute approximate surface area is 207 Å². The number of hydrogen-bond acceptors (Lipinski definition) is 6. The average Bonchev–Trinajstić information content (AvgIpc) is 2.83. The lowest BCUT2D eigenvalue weighted by Crippen LogP contribution is -2.43. The van der Waals surface area contributed by atoms with Crippen LogP contribution in [0.2, 0.25) is 0 Å². The fourth-order valence-electron chi connectivity index (χ4n) is 3.99. The highest BCUT2D eigenvalue weighted by Crippen LogP contribution is 2.28.